The van der Waals surface area contributed by atoms with E-state index < -0.39 is 0 Å². The monoisotopic (exact) mass is 401 g/mol. The highest BCUT2D eigenvalue weighted by atomic mass is 35.5. The van der Waals surface area contributed by atoms with Crippen LogP contribution in [0.25, 0.3) is 0 Å². The van der Waals surface area contributed by atoms with Crippen LogP contribution in [0.3, 0.4) is 0 Å². The van der Waals surface area contributed by atoms with Gasteiger partial charge in [-0.05, 0) is 49.2 Å². The van der Waals surface area contributed by atoms with Crippen LogP contribution < -0.4 is 10.7 Å². The highest BCUT2D eigenvalue weighted by Gasteiger charge is 2.17. The summed E-state index contributed by atoms with van der Waals surface area (Å²) in [6.07, 6.45) is 4.16. The van der Waals surface area contributed by atoms with Gasteiger partial charge in [-0.25, -0.2) is 5.43 Å². The second-order valence-corrected chi connectivity index (χ2v) is 7.11. The van der Waals surface area contributed by atoms with Gasteiger partial charge in [0.2, 0.25) is 0 Å². The number of hydrogen-bond acceptors (Lipinski definition) is 5. The van der Waals surface area contributed by atoms with Gasteiger partial charge in [0, 0.05) is 23.0 Å². The van der Waals surface area contributed by atoms with Crippen LogP contribution in [0, 0.1) is 0 Å². The average molecular weight is 402 g/mol. The number of thiocarbonyl (C=S) groups is 1. The van der Waals surface area contributed by atoms with Gasteiger partial charge in [0.25, 0.3) is 0 Å². The molecule has 1 fully saturated rings. The molecule has 0 amide bonds. The summed E-state index contributed by atoms with van der Waals surface area (Å²) < 4.78 is 5.22. The number of nitrogens with zero attached hydrogens (tertiary/aromatic N) is 1. The van der Waals surface area contributed by atoms with E-state index in [9.17, 15) is 4.79 Å². The fraction of sp³-hybridized carbons (Fsp3) is 0.529. The molecule has 2 rings (SSSR count). The fourth-order valence-electron chi connectivity index (χ4n) is 2.45. The summed E-state index contributed by atoms with van der Waals surface area (Å²) in [4.78, 5) is 12.6. The molecule has 1 aliphatic rings. The maximum atomic E-state index is 12.0. The maximum absolute atomic E-state index is 12.0. The lowest BCUT2D eigenvalue weighted by Gasteiger charge is -2.30. The molecule has 0 aliphatic carbocycles. The molecule has 1 aromatic carbocycles. The van der Waals surface area contributed by atoms with E-state index in [0.717, 1.165) is 44.5 Å². The molecule has 25 heavy (non-hydrogen) atoms. The minimum Gasteiger partial charge on any atom is -0.465 e. The molecular weight excluding hydrogens is 378 g/mol. The highest BCUT2D eigenvalue weighted by molar-refractivity contribution is 7.81. The van der Waals surface area contributed by atoms with Crippen molar-refractivity contribution in [1.82, 2.24) is 10.4 Å². The lowest BCUT2D eigenvalue weighted by Crippen LogP contribution is -2.48. The molecule has 0 atom stereocenters. The van der Waals surface area contributed by atoms with Gasteiger partial charge in [0.15, 0.2) is 5.11 Å². The highest BCUT2D eigenvalue weighted by Crippen LogP contribution is 2.31. The first-order valence-electron chi connectivity index (χ1n) is 8.51. The van der Waals surface area contributed by atoms with Crippen LogP contribution in [0.2, 0.25) is 5.02 Å². The van der Waals surface area contributed by atoms with Gasteiger partial charge in [-0.3, -0.25) is 9.80 Å². The third-order valence-electron chi connectivity index (χ3n) is 3.91. The SMILES string of the molecule is CCCCOC(=O)Cc1c(Cl)ccc(NC(=S)N2CCCCN2)c1S. The minimum absolute atomic E-state index is 0.0889. The third-order valence-corrected chi connectivity index (χ3v) is 5.09. The molecule has 0 aromatic heterocycles. The Morgan fingerprint density at radius 3 is 2.96 bits per heavy atom. The molecule has 0 radical (unpaired) electrons. The fourth-order valence-corrected chi connectivity index (χ4v) is 3.34. The van der Waals surface area contributed by atoms with Crippen LogP contribution in [-0.2, 0) is 16.0 Å². The Balaban J connectivity index is 2.05. The first-order valence-corrected chi connectivity index (χ1v) is 9.74. The molecule has 0 spiro atoms. The number of halogens is 1. The van der Waals surface area contributed by atoms with E-state index in [1.165, 1.54) is 0 Å². The van der Waals surface area contributed by atoms with Crippen molar-refractivity contribution in [1.29, 1.82) is 0 Å². The Morgan fingerprint density at radius 1 is 1.48 bits per heavy atom. The summed E-state index contributed by atoms with van der Waals surface area (Å²) in [6, 6.07) is 3.55. The van der Waals surface area contributed by atoms with Crippen molar-refractivity contribution in [2.24, 2.45) is 0 Å². The zero-order chi connectivity index (χ0) is 18.2. The lowest BCUT2D eigenvalue weighted by atomic mass is 10.1. The second kappa shape index (κ2) is 10.2. The number of ether oxygens (including phenoxy) is 1. The first kappa shape index (κ1) is 20.3. The number of hydrazine groups is 1. The zero-order valence-corrected chi connectivity index (χ0v) is 16.8. The maximum Gasteiger partial charge on any atom is 0.310 e. The van der Waals surface area contributed by atoms with Crippen molar-refractivity contribution < 1.29 is 9.53 Å². The Labute approximate surface area is 164 Å². The topological polar surface area (TPSA) is 53.6 Å². The summed E-state index contributed by atoms with van der Waals surface area (Å²) >= 11 is 16.2. The van der Waals surface area contributed by atoms with E-state index >= 15 is 0 Å². The molecule has 5 nitrogen and oxygen atoms in total. The third kappa shape index (κ3) is 6.02. The van der Waals surface area contributed by atoms with Crippen molar-refractivity contribution in [3.05, 3.63) is 22.7 Å². The van der Waals surface area contributed by atoms with Crippen LogP contribution >= 0.6 is 36.4 Å². The van der Waals surface area contributed by atoms with E-state index in [1.807, 2.05) is 18.0 Å². The molecule has 0 saturated carbocycles. The van der Waals surface area contributed by atoms with Gasteiger partial charge in [0.05, 0.1) is 18.7 Å². The molecule has 0 unspecified atom stereocenters. The normalized spacial score (nSPS) is 14.3. The van der Waals surface area contributed by atoms with Gasteiger partial charge in [-0.1, -0.05) is 24.9 Å². The van der Waals surface area contributed by atoms with Gasteiger partial charge in [0.1, 0.15) is 0 Å². The van der Waals surface area contributed by atoms with Crippen molar-refractivity contribution in [3.63, 3.8) is 0 Å². The number of nitrogens with one attached hydrogen (secondary N) is 2. The van der Waals surface area contributed by atoms with Gasteiger partial charge < -0.3 is 10.1 Å². The largest absolute Gasteiger partial charge is 0.465 e. The van der Waals surface area contributed by atoms with Crippen LogP contribution in [0.1, 0.15) is 38.2 Å². The van der Waals surface area contributed by atoms with Crippen LogP contribution in [0.4, 0.5) is 5.69 Å². The first-order chi connectivity index (χ1) is 12.0. The summed E-state index contributed by atoms with van der Waals surface area (Å²) in [6.45, 7) is 4.24. The summed E-state index contributed by atoms with van der Waals surface area (Å²) in [5.41, 5.74) is 4.62. The average Bonchev–Trinajstić information content (AvgIpc) is 2.62. The molecule has 8 heteroatoms. The quantitative estimate of drug-likeness (QED) is 0.291. The van der Waals surface area contributed by atoms with E-state index in [-0.39, 0.29) is 12.4 Å². The summed E-state index contributed by atoms with van der Waals surface area (Å²) in [7, 11) is 0. The van der Waals surface area contributed by atoms with E-state index in [4.69, 9.17) is 28.6 Å². The number of hydrogen-bond donors (Lipinski definition) is 3. The van der Waals surface area contributed by atoms with Crippen molar-refractivity contribution in [2.75, 3.05) is 25.0 Å². The molecule has 1 heterocycles. The Kier molecular flexibility index (Phi) is 8.29. The molecule has 2 N–H and O–H groups in total. The van der Waals surface area contributed by atoms with Crippen LogP contribution in [0.15, 0.2) is 17.0 Å². The van der Waals surface area contributed by atoms with Crippen LogP contribution in [-0.4, -0.2) is 35.8 Å². The van der Waals surface area contributed by atoms with Gasteiger partial charge >= 0.3 is 5.97 Å². The predicted octanol–water partition coefficient (Wildman–Crippen LogP) is 3.81. The smallest absolute Gasteiger partial charge is 0.310 e. The minimum atomic E-state index is -0.303. The van der Waals surface area contributed by atoms with Crippen LogP contribution in [0.5, 0.6) is 0 Å². The molecule has 138 valence electrons. The zero-order valence-electron chi connectivity index (χ0n) is 14.3. The number of benzene rings is 1. The number of thiol groups is 1. The number of rotatable bonds is 6. The van der Waals surface area contributed by atoms with Gasteiger partial charge in [-0.2, -0.15) is 0 Å². The molecule has 1 aromatic rings. The predicted molar refractivity (Wildman–Crippen MR) is 108 cm³/mol. The molecule has 1 saturated heterocycles. The standard InChI is InChI=1S/C17H24ClN3O2S2/c1-2-3-10-23-15(22)11-12-13(18)6-7-14(16(12)24)20-17(25)21-9-5-4-8-19-21/h6-7,19,24H,2-5,8-11H2,1H3,(H,20,25). The number of carbonyl (C=O) groups excluding carboxylic acids is 1. The van der Waals surface area contributed by atoms with E-state index in [0.29, 0.717) is 27.2 Å². The van der Waals surface area contributed by atoms with E-state index in [1.54, 1.807) is 6.07 Å². The van der Waals surface area contributed by atoms with Crippen molar-refractivity contribution in [2.45, 2.75) is 43.9 Å². The number of carbonyl (C=O) groups is 1. The summed E-state index contributed by atoms with van der Waals surface area (Å²) in [5, 5.41) is 6.17. The number of unbranched alkanes of at least 4 members (excludes halogenated alkanes) is 1. The second-order valence-electron chi connectivity index (χ2n) is 5.87. The Hall–Kier alpha value is -1.02. The van der Waals surface area contributed by atoms with Gasteiger partial charge in [-0.15, -0.1) is 12.6 Å². The Morgan fingerprint density at radius 2 is 2.28 bits per heavy atom. The lowest BCUT2D eigenvalue weighted by molar-refractivity contribution is -0.142. The number of esters is 1. The number of anilines is 1. The molecule has 0 bridgehead atoms. The summed E-state index contributed by atoms with van der Waals surface area (Å²) in [5.74, 6) is -0.303. The Bertz CT molecular complexity index is 622. The van der Waals surface area contributed by atoms with E-state index in [2.05, 4.69) is 23.4 Å². The molecular formula is C17H24ClN3O2S2. The molecule has 1 aliphatic heterocycles. The van der Waals surface area contributed by atoms with Crippen molar-refractivity contribution >= 4 is 53.2 Å². The van der Waals surface area contributed by atoms with Crippen molar-refractivity contribution in [3.8, 4) is 0 Å².